The number of halogens is 2. The van der Waals surface area contributed by atoms with Gasteiger partial charge >= 0.3 is 6.61 Å². The molecule has 90 valence electrons. The van der Waals surface area contributed by atoms with E-state index < -0.39 is 6.61 Å². The average molecular weight is 240 g/mol. The van der Waals surface area contributed by atoms with E-state index in [9.17, 15) is 8.78 Å². The molecule has 2 rings (SSSR count). The number of aryl methyl sites for hydroxylation is 1. The molecule has 0 N–H and O–H groups in total. The van der Waals surface area contributed by atoms with Crippen molar-refractivity contribution in [1.29, 1.82) is 0 Å². The van der Waals surface area contributed by atoms with Crippen molar-refractivity contribution in [2.45, 2.75) is 20.1 Å². The van der Waals surface area contributed by atoms with Crippen LogP contribution in [0.2, 0.25) is 0 Å². The first-order chi connectivity index (χ1) is 8.15. The van der Waals surface area contributed by atoms with Crippen LogP contribution in [0.15, 0.2) is 24.3 Å². The van der Waals surface area contributed by atoms with E-state index in [2.05, 4.69) is 20.3 Å². The summed E-state index contributed by atoms with van der Waals surface area (Å²) in [5.41, 5.74) is 0.905. The summed E-state index contributed by atoms with van der Waals surface area (Å²) in [6.07, 6.45) is 0. The fourth-order valence-electron chi connectivity index (χ4n) is 1.34. The molecule has 0 aliphatic rings. The number of alkyl halides is 2. The fourth-order valence-corrected chi connectivity index (χ4v) is 1.34. The largest absolute Gasteiger partial charge is 0.435 e. The van der Waals surface area contributed by atoms with Gasteiger partial charge < -0.3 is 4.74 Å². The molecule has 0 saturated carbocycles. The van der Waals surface area contributed by atoms with Crippen LogP contribution in [0.25, 0.3) is 0 Å². The van der Waals surface area contributed by atoms with Crippen molar-refractivity contribution in [3.63, 3.8) is 0 Å². The molecule has 1 aromatic carbocycles. The van der Waals surface area contributed by atoms with E-state index in [4.69, 9.17) is 0 Å². The minimum absolute atomic E-state index is 0.136. The molecule has 5 nitrogen and oxygen atoms in total. The first kappa shape index (κ1) is 11.4. The van der Waals surface area contributed by atoms with Gasteiger partial charge in [0.05, 0.1) is 6.54 Å². The third kappa shape index (κ3) is 2.96. The van der Waals surface area contributed by atoms with Crippen LogP contribution in [0.5, 0.6) is 5.75 Å². The fraction of sp³-hybridized carbons (Fsp3) is 0.300. The van der Waals surface area contributed by atoms with Crippen molar-refractivity contribution in [2.75, 3.05) is 0 Å². The van der Waals surface area contributed by atoms with Crippen LogP contribution in [-0.2, 0) is 6.54 Å². The summed E-state index contributed by atoms with van der Waals surface area (Å²) >= 11 is 0. The highest BCUT2D eigenvalue weighted by Crippen LogP contribution is 2.15. The quantitative estimate of drug-likeness (QED) is 0.815. The van der Waals surface area contributed by atoms with Gasteiger partial charge in [-0.05, 0) is 35.0 Å². The molecular weight excluding hydrogens is 230 g/mol. The maximum atomic E-state index is 11.9. The second kappa shape index (κ2) is 4.86. The number of nitrogens with zero attached hydrogens (tertiary/aromatic N) is 4. The van der Waals surface area contributed by atoms with Crippen molar-refractivity contribution in [2.24, 2.45) is 0 Å². The van der Waals surface area contributed by atoms with Gasteiger partial charge in [-0.3, -0.25) is 0 Å². The van der Waals surface area contributed by atoms with Gasteiger partial charge in [-0.2, -0.15) is 8.78 Å². The standard InChI is InChI=1S/C10H10F2N4O/c1-7-13-14-15-16(7)6-8-2-4-9(5-3-8)17-10(11)12/h2-5,10H,6H2,1H3. The molecule has 0 aliphatic heterocycles. The number of tetrazole rings is 1. The zero-order valence-corrected chi connectivity index (χ0v) is 9.05. The number of ether oxygens (including phenoxy) is 1. The first-order valence-corrected chi connectivity index (χ1v) is 4.91. The van der Waals surface area contributed by atoms with Gasteiger partial charge in [0.15, 0.2) is 0 Å². The molecule has 0 fully saturated rings. The Morgan fingerprint density at radius 1 is 1.29 bits per heavy atom. The third-order valence-corrected chi connectivity index (χ3v) is 2.19. The van der Waals surface area contributed by atoms with E-state index in [0.29, 0.717) is 12.4 Å². The highest BCUT2D eigenvalue weighted by Gasteiger charge is 2.05. The Bertz CT molecular complexity index is 483. The molecule has 17 heavy (non-hydrogen) atoms. The Morgan fingerprint density at radius 2 is 2.00 bits per heavy atom. The van der Waals surface area contributed by atoms with E-state index in [0.717, 1.165) is 5.56 Å². The number of benzene rings is 1. The lowest BCUT2D eigenvalue weighted by Crippen LogP contribution is -2.05. The topological polar surface area (TPSA) is 52.8 Å². The van der Waals surface area contributed by atoms with Gasteiger partial charge in [0.2, 0.25) is 0 Å². The molecule has 7 heteroatoms. The lowest BCUT2D eigenvalue weighted by molar-refractivity contribution is -0.0498. The van der Waals surface area contributed by atoms with Gasteiger partial charge in [0, 0.05) is 0 Å². The van der Waals surface area contributed by atoms with Crippen molar-refractivity contribution in [3.05, 3.63) is 35.7 Å². The van der Waals surface area contributed by atoms with E-state index in [-0.39, 0.29) is 5.75 Å². The SMILES string of the molecule is Cc1nnnn1Cc1ccc(OC(F)F)cc1. The van der Waals surface area contributed by atoms with Crippen LogP contribution in [0.4, 0.5) is 8.78 Å². The molecule has 0 radical (unpaired) electrons. The van der Waals surface area contributed by atoms with Crippen LogP contribution in [-0.4, -0.2) is 26.8 Å². The zero-order valence-electron chi connectivity index (χ0n) is 9.05. The predicted octanol–water partition coefficient (Wildman–Crippen LogP) is 1.63. The molecule has 0 bridgehead atoms. The third-order valence-electron chi connectivity index (χ3n) is 2.19. The van der Waals surface area contributed by atoms with E-state index in [1.54, 1.807) is 23.7 Å². The van der Waals surface area contributed by atoms with Crippen LogP contribution in [0.3, 0.4) is 0 Å². The Hall–Kier alpha value is -2.05. The van der Waals surface area contributed by atoms with Crippen molar-refractivity contribution >= 4 is 0 Å². The first-order valence-electron chi connectivity index (χ1n) is 4.91. The summed E-state index contributed by atoms with van der Waals surface area (Å²) in [4.78, 5) is 0. The summed E-state index contributed by atoms with van der Waals surface area (Å²) in [6, 6.07) is 6.36. The smallest absolute Gasteiger partial charge is 0.387 e. The van der Waals surface area contributed by atoms with Gasteiger partial charge in [-0.15, -0.1) is 5.10 Å². The van der Waals surface area contributed by atoms with E-state index in [1.807, 2.05) is 0 Å². The number of hydrogen-bond donors (Lipinski definition) is 0. The Labute approximate surface area is 96.0 Å². The number of aromatic nitrogens is 4. The van der Waals surface area contributed by atoms with Crippen molar-refractivity contribution in [3.8, 4) is 5.75 Å². The second-order valence-corrected chi connectivity index (χ2v) is 3.41. The van der Waals surface area contributed by atoms with Crippen LogP contribution >= 0.6 is 0 Å². The highest BCUT2D eigenvalue weighted by atomic mass is 19.3. The molecule has 1 aromatic heterocycles. The summed E-state index contributed by atoms with van der Waals surface area (Å²) in [7, 11) is 0. The monoisotopic (exact) mass is 240 g/mol. The predicted molar refractivity (Wildman–Crippen MR) is 54.7 cm³/mol. The number of rotatable bonds is 4. The molecule has 0 spiro atoms. The lowest BCUT2D eigenvalue weighted by Gasteiger charge is -2.06. The molecule has 0 aliphatic carbocycles. The van der Waals surface area contributed by atoms with Crippen molar-refractivity contribution in [1.82, 2.24) is 20.2 Å². The summed E-state index contributed by atoms with van der Waals surface area (Å²) in [6.45, 7) is -0.523. The minimum atomic E-state index is -2.80. The van der Waals surface area contributed by atoms with Gasteiger partial charge in [0.25, 0.3) is 0 Å². The average Bonchev–Trinajstić information content (AvgIpc) is 2.67. The summed E-state index contributed by atoms with van der Waals surface area (Å²) in [5.74, 6) is 0.829. The summed E-state index contributed by atoms with van der Waals surface area (Å²) in [5, 5.41) is 11.0. The van der Waals surface area contributed by atoms with Gasteiger partial charge in [-0.1, -0.05) is 12.1 Å². The maximum absolute atomic E-state index is 11.9. The van der Waals surface area contributed by atoms with E-state index in [1.165, 1.54) is 12.1 Å². The minimum Gasteiger partial charge on any atom is -0.435 e. The molecule has 2 aromatic rings. The molecule has 0 atom stereocenters. The van der Waals surface area contributed by atoms with Crippen molar-refractivity contribution < 1.29 is 13.5 Å². The molecule has 0 unspecified atom stereocenters. The Balaban J connectivity index is 2.06. The zero-order chi connectivity index (χ0) is 12.3. The Morgan fingerprint density at radius 3 is 2.53 bits per heavy atom. The molecule has 0 saturated heterocycles. The molecule has 0 amide bonds. The molecular formula is C10H10F2N4O. The van der Waals surface area contributed by atoms with Crippen LogP contribution in [0, 0.1) is 6.92 Å². The number of hydrogen-bond acceptors (Lipinski definition) is 4. The van der Waals surface area contributed by atoms with E-state index >= 15 is 0 Å². The summed E-state index contributed by atoms with van der Waals surface area (Å²) < 4.78 is 29.7. The maximum Gasteiger partial charge on any atom is 0.387 e. The Kier molecular flexibility index (Phi) is 3.27. The lowest BCUT2D eigenvalue weighted by atomic mass is 10.2. The second-order valence-electron chi connectivity index (χ2n) is 3.41. The normalized spacial score (nSPS) is 10.8. The van der Waals surface area contributed by atoms with Crippen LogP contribution < -0.4 is 4.74 Å². The highest BCUT2D eigenvalue weighted by molar-refractivity contribution is 5.27. The molecule has 1 heterocycles. The van der Waals surface area contributed by atoms with Gasteiger partial charge in [-0.25, -0.2) is 4.68 Å². The van der Waals surface area contributed by atoms with Gasteiger partial charge in [0.1, 0.15) is 11.6 Å². The van der Waals surface area contributed by atoms with Crippen LogP contribution in [0.1, 0.15) is 11.4 Å².